The van der Waals surface area contributed by atoms with Crippen molar-refractivity contribution in [3.8, 4) is 0 Å². The van der Waals surface area contributed by atoms with Gasteiger partial charge in [-0.15, -0.1) is 0 Å². The Kier molecular flexibility index (Phi) is 5.30. The Morgan fingerprint density at radius 3 is 2.67 bits per heavy atom. The van der Waals surface area contributed by atoms with E-state index < -0.39 is 21.5 Å². The van der Waals surface area contributed by atoms with Crippen molar-refractivity contribution in [3.05, 3.63) is 35.6 Å². The van der Waals surface area contributed by atoms with Gasteiger partial charge >= 0.3 is 0 Å². The second kappa shape index (κ2) is 7.00. The van der Waals surface area contributed by atoms with Crippen LogP contribution in [-0.2, 0) is 25.9 Å². The molecule has 5 nitrogen and oxygen atoms in total. The van der Waals surface area contributed by atoms with Gasteiger partial charge < -0.3 is 10.1 Å². The number of carbonyl (C=O) groups excluding carboxylic acids is 1. The summed E-state index contributed by atoms with van der Waals surface area (Å²) in [6.07, 6.45) is 1.29. The summed E-state index contributed by atoms with van der Waals surface area (Å²) in [5.74, 6) is -1.58. The Bertz CT molecular complexity index is 579. The Morgan fingerprint density at radius 1 is 1.33 bits per heavy atom. The molecule has 1 unspecified atom stereocenters. The van der Waals surface area contributed by atoms with Crippen LogP contribution in [0.2, 0.25) is 0 Å². The lowest BCUT2D eigenvalue weighted by atomic mass is 10.2. The van der Waals surface area contributed by atoms with Gasteiger partial charge in [0.05, 0.1) is 11.9 Å². The molecule has 1 aliphatic rings. The van der Waals surface area contributed by atoms with E-state index in [1.807, 2.05) is 0 Å². The largest absolute Gasteiger partial charge is 0.377 e. The monoisotopic (exact) mass is 315 g/mol. The number of carbonyl (C=O) groups is 1. The van der Waals surface area contributed by atoms with Crippen LogP contribution in [0.15, 0.2) is 24.3 Å². The molecule has 7 heteroatoms. The lowest BCUT2D eigenvalue weighted by Gasteiger charge is -2.10. The number of hydrogen-bond acceptors (Lipinski definition) is 4. The minimum atomic E-state index is -3.47. The van der Waals surface area contributed by atoms with Crippen molar-refractivity contribution in [3.63, 3.8) is 0 Å². The minimum Gasteiger partial charge on any atom is -0.377 e. The van der Waals surface area contributed by atoms with Crippen LogP contribution in [-0.4, -0.2) is 38.5 Å². The van der Waals surface area contributed by atoms with Gasteiger partial charge in [-0.3, -0.25) is 4.79 Å². The van der Waals surface area contributed by atoms with E-state index in [0.29, 0.717) is 12.2 Å². The topological polar surface area (TPSA) is 72.5 Å². The van der Waals surface area contributed by atoms with Gasteiger partial charge in [0.1, 0.15) is 11.6 Å². The molecule has 0 spiro atoms. The highest BCUT2D eigenvalue weighted by atomic mass is 32.2. The third kappa shape index (κ3) is 5.43. The molecule has 1 aromatic rings. The van der Waals surface area contributed by atoms with Crippen LogP contribution in [0.1, 0.15) is 18.4 Å². The summed E-state index contributed by atoms with van der Waals surface area (Å²) in [5.41, 5.74) is 0.710. The number of amides is 1. The van der Waals surface area contributed by atoms with Gasteiger partial charge in [0.2, 0.25) is 5.91 Å². The molecule has 0 saturated carbocycles. The third-order valence-corrected chi connectivity index (χ3v) is 4.80. The second-order valence-electron chi connectivity index (χ2n) is 5.09. The molecule has 1 amide bonds. The van der Waals surface area contributed by atoms with Gasteiger partial charge in [0.25, 0.3) is 0 Å². The number of halogens is 1. The maximum Gasteiger partial charge on any atom is 0.235 e. The SMILES string of the molecule is O=C(CS(=O)(=O)CC1CCCO1)NCc1ccc(F)cc1. The first kappa shape index (κ1) is 15.9. The normalized spacial score (nSPS) is 18.6. The molecule has 1 saturated heterocycles. The van der Waals surface area contributed by atoms with E-state index in [-0.39, 0.29) is 24.2 Å². The van der Waals surface area contributed by atoms with Crippen LogP contribution in [0.4, 0.5) is 4.39 Å². The maximum atomic E-state index is 12.7. The van der Waals surface area contributed by atoms with Crippen LogP contribution in [0.3, 0.4) is 0 Å². The summed E-state index contributed by atoms with van der Waals surface area (Å²) in [5, 5.41) is 2.52. The van der Waals surface area contributed by atoms with Gasteiger partial charge in [0.15, 0.2) is 9.84 Å². The van der Waals surface area contributed by atoms with Crippen LogP contribution in [0.25, 0.3) is 0 Å². The second-order valence-corrected chi connectivity index (χ2v) is 7.20. The molecule has 116 valence electrons. The van der Waals surface area contributed by atoms with Crippen molar-refractivity contribution >= 4 is 15.7 Å². The molecule has 0 radical (unpaired) electrons. The van der Waals surface area contributed by atoms with Gasteiger partial charge in [-0.25, -0.2) is 12.8 Å². The lowest BCUT2D eigenvalue weighted by Crippen LogP contribution is -2.33. The van der Waals surface area contributed by atoms with Crippen LogP contribution < -0.4 is 5.32 Å². The van der Waals surface area contributed by atoms with Crippen molar-refractivity contribution < 1.29 is 22.3 Å². The average molecular weight is 315 g/mol. The number of nitrogens with one attached hydrogen (secondary N) is 1. The number of rotatable bonds is 6. The standard InChI is InChI=1S/C14H18FNO4S/c15-12-5-3-11(4-6-12)8-16-14(17)10-21(18,19)9-13-2-1-7-20-13/h3-6,13H,1-2,7-10H2,(H,16,17). The first-order chi connectivity index (χ1) is 9.94. The van der Waals surface area contributed by atoms with E-state index in [9.17, 15) is 17.6 Å². The summed E-state index contributed by atoms with van der Waals surface area (Å²) < 4.78 is 41.7. The maximum absolute atomic E-state index is 12.7. The van der Waals surface area contributed by atoms with E-state index >= 15 is 0 Å². The van der Waals surface area contributed by atoms with Gasteiger partial charge in [-0.05, 0) is 30.5 Å². The molecule has 1 atom stereocenters. The van der Waals surface area contributed by atoms with Crippen molar-refractivity contribution in [1.29, 1.82) is 0 Å². The van der Waals surface area contributed by atoms with Crippen LogP contribution in [0, 0.1) is 5.82 Å². The Hall–Kier alpha value is -1.47. The lowest BCUT2D eigenvalue weighted by molar-refractivity contribution is -0.118. The first-order valence-electron chi connectivity index (χ1n) is 6.78. The highest BCUT2D eigenvalue weighted by Crippen LogP contribution is 2.14. The third-order valence-electron chi connectivity index (χ3n) is 3.22. The molecule has 1 aliphatic heterocycles. The average Bonchev–Trinajstić information content (AvgIpc) is 2.89. The highest BCUT2D eigenvalue weighted by molar-refractivity contribution is 7.92. The fourth-order valence-electron chi connectivity index (χ4n) is 2.17. The zero-order valence-corrected chi connectivity index (χ0v) is 12.4. The molecule has 0 aliphatic carbocycles. The number of sulfone groups is 1. The number of ether oxygens (including phenoxy) is 1. The van der Waals surface area contributed by atoms with E-state index in [0.717, 1.165) is 12.8 Å². The van der Waals surface area contributed by atoms with Crippen LogP contribution in [0.5, 0.6) is 0 Å². The van der Waals surface area contributed by atoms with E-state index in [1.165, 1.54) is 24.3 Å². The van der Waals surface area contributed by atoms with Gasteiger partial charge in [-0.1, -0.05) is 12.1 Å². The molecule has 1 aromatic carbocycles. The summed E-state index contributed by atoms with van der Waals surface area (Å²) in [6, 6.07) is 5.65. The molecular formula is C14H18FNO4S. The fourth-order valence-corrected chi connectivity index (χ4v) is 3.62. The molecule has 1 N–H and O–H groups in total. The molecule has 0 aromatic heterocycles. The van der Waals surface area contributed by atoms with Gasteiger partial charge in [-0.2, -0.15) is 0 Å². The predicted molar refractivity (Wildman–Crippen MR) is 75.9 cm³/mol. The molecule has 2 rings (SSSR count). The van der Waals surface area contributed by atoms with E-state index in [1.54, 1.807) is 0 Å². The van der Waals surface area contributed by atoms with Crippen molar-refractivity contribution in [2.45, 2.75) is 25.5 Å². The summed E-state index contributed by atoms with van der Waals surface area (Å²) >= 11 is 0. The smallest absolute Gasteiger partial charge is 0.235 e. The first-order valence-corrected chi connectivity index (χ1v) is 8.60. The number of hydrogen-bond donors (Lipinski definition) is 1. The van der Waals surface area contributed by atoms with Crippen molar-refractivity contribution in [2.75, 3.05) is 18.1 Å². The Balaban J connectivity index is 1.79. The predicted octanol–water partition coefficient (Wildman–Crippen LogP) is 1.04. The van der Waals surface area contributed by atoms with Gasteiger partial charge in [0, 0.05) is 13.2 Å². The van der Waals surface area contributed by atoms with Crippen molar-refractivity contribution in [2.24, 2.45) is 0 Å². The fraction of sp³-hybridized carbons (Fsp3) is 0.500. The highest BCUT2D eigenvalue weighted by Gasteiger charge is 2.25. The summed E-state index contributed by atoms with van der Waals surface area (Å²) in [4.78, 5) is 11.7. The Morgan fingerprint density at radius 2 is 2.05 bits per heavy atom. The molecule has 21 heavy (non-hydrogen) atoms. The molecule has 1 fully saturated rings. The zero-order valence-electron chi connectivity index (χ0n) is 11.5. The van der Waals surface area contributed by atoms with Crippen molar-refractivity contribution in [1.82, 2.24) is 5.32 Å². The minimum absolute atomic E-state index is 0.114. The number of benzene rings is 1. The Labute approximate surface area is 123 Å². The van der Waals surface area contributed by atoms with Crippen LogP contribution >= 0.6 is 0 Å². The summed E-state index contributed by atoms with van der Waals surface area (Å²) in [6.45, 7) is 0.755. The van der Waals surface area contributed by atoms with E-state index in [2.05, 4.69) is 5.32 Å². The molecule has 0 bridgehead atoms. The zero-order chi connectivity index (χ0) is 15.3. The molecule has 1 heterocycles. The van der Waals surface area contributed by atoms with E-state index in [4.69, 9.17) is 4.74 Å². The molecular weight excluding hydrogens is 297 g/mol. The quantitative estimate of drug-likeness (QED) is 0.851. The summed E-state index contributed by atoms with van der Waals surface area (Å²) in [7, 11) is -3.47.